The number of nitrogens with one attached hydrogen (secondary N) is 1. The van der Waals surface area contributed by atoms with Crippen molar-refractivity contribution in [2.24, 2.45) is 0 Å². The fourth-order valence-corrected chi connectivity index (χ4v) is 1.75. The van der Waals surface area contributed by atoms with Gasteiger partial charge in [0.1, 0.15) is 0 Å². The quantitative estimate of drug-likeness (QED) is 0.841. The van der Waals surface area contributed by atoms with Gasteiger partial charge < -0.3 is 11.1 Å². The summed E-state index contributed by atoms with van der Waals surface area (Å²) in [6.45, 7) is 2.04. The molecule has 2 aromatic rings. The predicted octanol–water partition coefficient (Wildman–Crippen LogP) is 1.73. The maximum absolute atomic E-state index is 5.87. The molecular weight excluding hydrogens is 214 g/mol. The van der Waals surface area contributed by atoms with Gasteiger partial charge in [0, 0.05) is 6.04 Å². The van der Waals surface area contributed by atoms with Crippen molar-refractivity contribution in [2.45, 2.75) is 25.8 Å². The van der Waals surface area contributed by atoms with Crippen LogP contribution in [-0.4, -0.2) is 20.8 Å². The van der Waals surface area contributed by atoms with Crippen LogP contribution >= 0.6 is 0 Å². The Morgan fingerprint density at radius 2 is 2.24 bits per heavy atom. The molecule has 3 rings (SSSR count). The molecule has 0 unspecified atom stereocenters. The number of anilines is 2. The second kappa shape index (κ2) is 3.76. The van der Waals surface area contributed by atoms with Crippen LogP contribution in [0, 0.1) is 6.92 Å². The lowest BCUT2D eigenvalue weighted by molar-refractivity contribution is 0.885. The van der Waals surface area contributed by atoms with Crippen LogP contribution in [-0.2, 0) is 0 Å². The van der Waals surface area contributed by atoms with E-state index in [4.69, 9.17) is 5.73 Å². The summed E-state index contributed by atoms with van der Waals surface area (Å²) < 4.78 is 1.66. The van der Waals surface area contributed by atoms with Gasteiger partial charge in [-0.05, 0) is 37.5 Å². The Morgan fingerprint density at radius 1 is 1.41 bits per heavy atom. The molecule has 0 radical (unpaired) electrons. The standard InChI is InChI=1S/C12H15N5/c1-8-3-2-4-10(7-8)17-11(13)15-12(16-17)14-9-5-6-9/h2-4,7,9H,5-6H2,1H3,(H3,13,14,15,16). The molecule has 0 aliphatic heterocycles. The van der Waals surface area contributed by atoms with E-state index < -0.39 is 0 Å². The monoisotopic (exact) mass is 229 g/mol. The number of rotatable bonds is 3. The van der Waals surface area contributed by atoms with Crippen LogP contribution in [0.3, 0.4) is 0 Å². The van der Waals surface area contributed by atoms with Gasteiger partial charge in [-0.25, -0.2) is 0 Å². The fraction of sp³-hybridized carbons (Fsp3) is 0.333. The first-order valence-electron chi connectivity index (χ1n) is 5.78. The zero-order chi connectivity index (χ0) is 11.8. The van der Waals surface area contributed by atoms with Gasteiger partial charge in [-0.3, -0.25) is 0 Å². The van der Waals surface area contributed by atoms with E-state index in [0.29, 0.717) is 17.9 Å². The third kappa shape index (κ3) is 2.08. The molecule has 5 heteroatoms. The van der Waals surface area contributed by atoms with E-state index in [0.717, 1.165) is 5.69 Å². The highest BCUT2D eigenvalue weighted by Crippen LogP contribution is 2.24. The summed E-state index contributed by atoms with van der Waals surface area (Å²) in [4.78, 5) is 4.22. The van der Waals surface area contributed by atoms with Crippen LogP contribution in [0.5, 0.6) is 0 Å². The minimum absolute atomic E-state index is 0.416. The number of hydrogen-bond donors (Lipinski definition) is 2. The number of nitrogen functional groups attached to an aromatic ring is 1. The second-order valence-corrected chi connectivity index (χ2v) is 4.46. The Morgan fingerprint density at radius 3 is 2.94 bits per heavy atom. The molecule has 1 aliphatic carbocycles. The number of nitrogens with zero attached hydrogens (tertiary/aromatic N) is 3. The molecule has 1 aliphatic rings. The van der Waals surface area contributed by atoms with Crippen molar-refractivity contribution in [3.05, 3.63) is 29.8 Å². The summed E-state index contributed by atoms with van der Waals surface area (Å²) in [5.41, 5.74) is 7.99. The summed E-state index contributed by atoms with van der Waals surface area (Å²) in [6.07, 6.45) is 2.39. The molecule has 1 aromatic heterocycles. The minimum atomic E-state index is 0.416. The van der Waals surface area contributed by atoms with Crippen molar-refractivity contribution in [2.75, 3.05) is 11.1 Å². The number of hydrogen-bond acceptors (Lipinski definition) is 4. The normalized spacial score (nSPS) is 14.9. The summed E-state index contributed by atoms with van der Waals surface area (Å²) in [5.74, 6) is 1.03. The van der Waals surface area contributed by atoms with E-state index in [-0.39, 0.29) is 0 Å². The van der Waals surface area contributed by atoms with Gasteiger partial charge in [0.2, 0.25) is 11.9 Å². The van der Waals surface area contributed by atoms with E-state index in [1.165, 1.54) is 18.4 Å². The second-order valence-electron chi connectivity index (χ2n) is 4.46. The van der Waals surface area contributed by atoms with E-state index in [1.807, 2.05) is 31.2 Å². The molecule has 0 bridgehead atoms. The summed E-state index contributed by atoms with van der Waals surface area (Å²) in [7, 11) is 0. The first-order chi connectivity index (χ1) is 8.22. The Kier molecular flexibility index (Phi) is 2.24. The number of nitrogens with two attached hydrogens (primary N) is 1. The van der Waals surface area contributed by atoms with Gasteiger partial charge in [0.15, 0.2) is 0 Å². The molecular formula is C12H15N5. The molecule has 3 N–H and O–H groups in total. The van der Waals surface area contributed by atoms with Crippen molar-refractivity contribution in [1.29, 1.82) is 0 Å². The zero-order valence-electron chi connectivity index (χ0n) is 9.72. The highest BCUT2D eigenvalue weighted by molar-refractivity contribution is 5.43. The lowest BCUT2D eigenvalue weighted by atomic mass is 10.2. The van der Waals surface area contributed by atoms with Crippen LogP contribution in [0.1, 0.15) is 18.4 Å². The molecule has 0 atom stereocenters. The van der Waals surface area contributed by atoms with Crippen molar-refractivity contribution in [3.8, 4) is 5.69 Å². The van der Waals surface area contributed by atoms with Gasteiger partial charge in [-0.1, -0.05) is 12.1 Å². The molecule has 0 saturated heterocycles. The van der Waals surface area contributed by atoms with Crippen molar-refractivity contribution in [1.82, 2.24) is 14.8 Å². The molecule has 1 saturated carbocycles. The molecule has 88 valence electrons. The number of benzene rings is 1. The molecule has 0 spiro atoms. The molecule has 1 heterocycles. The average molecular weight is 229 g/mol. The van der Waals surface area contributed by atoms with Gasteiger partial charge in [0.05, 0.1) is 5.69 Å². The van der Waals surface area contributed by atoms with Crippen LogP contribution in [0.15, 0.2) is 24.3 Å². The first kappa shape index (κ1) is 10.1. The molecule has 1 fully saturated rings. The number of aryl methyl sites for hydroxylation is 1. The topological polar surface area (TPSA) is 68.8 Å². The maximum atomic E-state index is 5.87. The SMILES string of the molecule is Cc1cccc(-n2nc(NC3CC3)nc2N)c1. The van der Waals surface area contributed by atoms with Gasteiger partial charge in [-0.15, -0.1) is 5.10 Å². The average Bonchev–Trinajstić information content (AvgIpc) is 3.01. The Hall–Kier alpha value is -2.04. The van der Waals surface area contributed by atoms with Crippen molar-refractivity contribution >= 4 is 11.9 Å². The van der Waals surface area contributed by atoms with E-state index in [9.17, 15) is 0 Å². The maximum Gasteiger partial charge on any atom is 0.244 e. The van der Waals surface area contributed by atoms with Crippen LogP contribution < -0.4 is 11.1 Å². The van der Waals surface area contributed by atoms with Crippen molar-refractivity contribution < 1.29 is 0 Å². The molecule has 5 nitrogen and oxygen atoms in total. The Balaban J connectivity index is 1.93. The lowest BCUT2D eigenvalue weighted by Gasteiger charge is -2.02. The highest BCUT2D eigenvalue weighted by atomic mass is 15.4. The zero-order valence-corrected chi connectivity index (χ0v) is 9.72. The molecule has 17 heavy (non-hydrogen) atoms. The lowest BCUT2D eigenvalue weighted by Crippen LogP contribution is -2.04. The largest absolute Gasteiger partial charge is 0.368 e. The molecule has 1 aromatic carbocycles. The minimum Gasteiger partial charge on any atom is -0.368 e. The van der Waals surface area contributed by atoms with Gasteiger partial charge in [0.25, 0.3) is 0 Å². The highest BCUT2D eigenvalue weighted by Gasteiger charge is 2.23. The van der Waals surface area contributed by atoms with E-state index in [1.54, 1.807) is 4.68 Å². The molecule has 0 amide bonds. The Bertz CT molecular complexity index is 542. The van der Waals surface area contributed by atoms with Gasteiger partial charge in [-0.2, -0.15) is 9.67 Å². The Labute approximate surface area is 99.7 Å². The van der Waals surface area contributed by atoms with Gasteiger partial charge >= 0.3 is 0 Å². The van der Waals surface area contributed by atoms with E-state index in [2.05, 4.69) is 15.4 Å². The fourth-order valence-electron chi connectivity index (χ4n) is 1.75. The third-order valence-electron chi connectivity index (χ3n) is 2.79. The number of aromatic nitrogens is 3. The summed E-state index contributed by atoms with van der Waals surface area (Å²) in [6, 6.07) is 8.56. The van der Waals surface area contributed by atoms with Crippen LogP contribution in [0.2, 0.25) is 0 Å². The van der Waals surface area contributed by atoms with Crippen molar-refractivity contribution in [3.63, 3.8) is 0 Å². The smallest absolute Gasteiger partial charge is 0.244 e. The van der Waals surface area contributed by atoms with E-state index >= 15 is 0 Å². The summed E-state index contributed by atoms with van der Waals surface area (Å²) in [5, 5.41) is 7.61. The summed E-state index contributed by atoms with van der Waals surface area (Å²) >= 11 is 0. The van der Waals surface area contributed by atoms with Crippen LogP contribution in [0.4, 0.5) is 11.9 Å². The third-order valence-corrected chi connectivity index (χ3v) is 2.79. The first-order valence-corrected chi connectivity index (χ1v) is 5.78. The van der Waals surface area contributed by atoms with Crippen LogP contribution in [0.25, 0.3) is 5.69 Å². The predicted molar refractivity (Wildman–Crippen MR) is 67.2 cm³/mol.